The van der Waals surface area contributed by atoms with Gasteiger partial charge in [-0.2, -0.15) is 0 Å². The van der Waals surface area contributed by atoms with Gasteiger partial charge in [-0.15, -0.1) is 0 Å². The van der Waals surface area contributed by atoms with E-state index in [1.165, 1.54) is 24.3 Å². The van der Waals surface area contributed by atoms with E-state index >= 15 is 0 Å². The highest BCUT2D eigenvalue weighted by Gasteiger charge is 2.20. The van der Waals surface area contributed by atoms with Gasteiger partial charge >= 0.3 is 6.09 Å². The number of alkyl carbamates (subject to hydrolysis) is 1. The summed E-state index contributed by atoms with van der Waals surface area (Å²) < 4.78 is 4.88. The maximum atomic E-state index is 12.5. The summed E-state index contributed by atoms with van der Waals surface area (Å²) in [5, 5.41) is 13.9. The van der Waals surface area contributed by atoms with E-state index in [4.69, 9.17) is 16.3 Å². The molecule has 2 aromatic rings. The van der Waals surface area contributed by atoms with Gasteiger partial charge in [-0.3, -0.25) is 14.9 Å². The van der Waals surface area contributed by atoms with Crippen LogP contribution in [0.1, 0.15) is 35.3 Å². The van der Waals surface area contributed by atoms with Crippen LogP contribution in [0.15, 0.2) is 48.5 Å². The Kier molecular flexibility index (Phi) is 6.68. The first kappa shape index (κ1) is 19.4. The second kappa shape index (κ2) is 8.96. The lowest BCUT2D eigenvalue weighted by atomic mass is 9.98. The number of non-ortho nitro benzene ring substituents is 1. The SMILES string of the molecule is CCOC(=O)NC(CC(=O)c1ccc([N+](=O)[O-])cc1)c1ccc(Cl)cc1. The number of halogens is 1. The fraction of sp³-hybridized carbons (Fsp3) is 0.222. The minimum absolute atomic E-state index is 0.0295. The largest absolute Gasteiger partial charge is 0.450 e. The number of carbonyl (C=O) groups excluding carboxylic acids is 2. The highest BCUT2D eigenvalue weighted by Crippen LogP contribution is 2.22. The molecule has 7 nitrogen and oxygen atoms in total. The molecule has 0 bridgehead atoms. The maximum absolute atomic E-state index is 12.5. The summed E-state index contributed by atoms with van der Waals surface area (Å²) in [6.45, 7) is 1.88. The molecule has 0 aromatic heterocycles. The number of nitro benzene ring substituents is 1. The molecule has 2 rings (SSSR count). The molecule has 1 unspecified atom stereocenters. The second-order valence-electron chi connectivity index (χ2n) is 5.40. The van der Waals surface area contributed by atoms with Crippen molar-refractivity contribution in [2.24, 2.45) is 0 Å². The van der Waals surface area contributed by atoms with Crippen LogP contribution in [0.3, 0.4) is 0 Å². The Hall–Kier alpha value is -2.93. The van der Waals surface area contributed by atoms with Gasteiger partial charge in [0.1, 0.15) is 0 Å². The highest BCUT2D eigenvalue weighted by molar-refractivity contribution is 6.30. The Labute approximate surface area is 155 Å². The number of rotatable bonds is 7. The molecule has 0 fully saturated rings. The van der Waals surface area contributed by atoms with Crippen LogP contribution in [-0.2, 0) is 4.74 Å². The molecular formula is C18H17ClN2O5. The normalized spacial score (nSPS) is 11.5. The summed E-state index contributed by atoms with van der Waals surface area (Å²) in [4.78, 5) is 34.5. The van der Waals surface area contributed by atoms with E-state index in [0.29, 0.717) is 16.1 Å². The van der Waals surface area contributed by atoms with E-state index in [1.54, 1.807) is 31.2 Å². The highest BCUT2D eigenvalue weighted by atomic mass is 35.5. The molecule has 0 saturated heterocycles. The number of nitrogens with one attached hydrogen (secondary N) is 1. The summed E-state index contributed by atoms with van der Waals surface area (Å²) in [5.41, 5.74) is 0.915. The van der Waals surface area contributed by atoms with Crippen LogP contribution >= 0.6 is 11.6 Å². The van der Waals surface area contributed by atoms with Gasteiger partial charge in [0.15, 0.2) is 5.78 Å². The molecule has 136 valence electrons. The predicted molar refractivity (Wildman–Crippen MR) is 96.4 cm³/mol. The van der Waals surface area contributed by atoms with E-state index in [2.05, 4.69) is 5.32 Å². The Morgan fingerprint density at radius 2 is 1.77 bits per heavy atom. The standard InChI is InChI=1S/C18H17ClN2O5/c1-2-26-18(23)20-16(12-3-7-14(19)8-4-12)11-17(22)13-5-9-15(10-6-13)21(24)25/h3-10,16H,2,11H2,1H3,(H,20,23). The molecule has 0 aliphatic rings. The fourth-order valence-corrected chi connectivity index (χ4v) is 2.46. The van der Waals surface area contributed by atoms with Crippen molar-refractivity contribution in [3.8, 4) is 0 Å². The Morgan fingerprint density at radius 1 is 1.15 bits per heavy atom. The van der Waals surface area contributed by atoms with Gasteiger partial charge in [0, 0.05) is 29.1 Å². The van der Waals surface area contributed by atoms with Gasteiger partial charge in [0.25, 0.3) is 5.69 Å². The second-order valence-corrected chi connectivity index (χ2v) is 5.84. The van der Waals surface area contributed by atoms with Gasteiger partial charge in [0.2, 0.25) is 0 Å². The van der Waals surface area contributed by atoms with E-state index in [9.17, 15) is 19.7 Å². The Bertz CT molecular complexity index is 790. The third-order valence-electron chi connectivity index (χ3n) is 3.63. The van der Waals surface area contributed by atoms with E-state index in [1.807, 2.05) is 0 Å². The van der Waals surface area contributed by atoms with Crippen LogP contribution in [0, 0.1) is 10.1 Å². The van der Waals surface area contributed by atoms with Gasteiger partial charge in [-0.25, -0.2) is 4.79 Å². The van der Waals surface area contributed by atoms with Crippen molar-refractivity contribution in [1.29, 1.82) is 0 Å². The molecule has 0 aliphatic carbocycles. The molecular weight excluding hydrogens is 360 g/mol. The summed E-state index contributed by atoms with van der Waals surface area (Å²) in [6.07, 6.45) is -0.665. The van der Waals surface area contributed by atoms with Crippen LogP contribution in [0.2, 0.25) is 5.02 Å². The number of ketones is 1. The molecule has 1 N–H and O–H groups in total. The van der Waals surface area contributed by atoms with E-state index < -0.39 is 17.1 Å². The van der Waals surface area contributed by atoms with Crippen molar-refractivity contribution in [2.45, 2.75) is 19.4 Å². The minimum Gasteiger partial charge on any atom is -0.450 e. The molecule has 0 aliphatic heterocycles. The van der Waals surface area contributed by atoms with Crippen LogP contribution in [-0.4, -0.2) is 23.4 Å². The molecule has 26 heavy (non-hydrogen) atoms. The summed E-state index contributed by atoms with van der Waals surface area (Å²) in [5.74, 6) is -0.267. The average Bonchev–Trinajstić information content (AvgIpc) is 2.62. The first-order valence-electron chi connectivity index (χ1n) is 7.87. The quantitative estimate of drug-likeness (QED) is 0.441. The van der Waals surface area contributed by atoms with Crippen LogP contribution in [0.25, 0.3) is 0 Å². The number of hydrogen-bond donors (Lipinski definition) is 1. The van der Waals surface area contributed by atoms with Crippen LogP contribution in [0.4, 0.5) is 10.5 Å². The topological polar surface area (TPSA) is 98.5 Å². The van der Waals surface area contributed by atoms with Crippen molar-refractivity contribution < 1.29 is 19.2 Å². The van der Waals surface area contributed by atoms with Crippen molar-refractivity contribution >= 4 is 29.2 Å². The zero-order chi connectivity index (χ0) is 19.1. The smallest absolute Gasteiger partial charge is 0.407 e. The summed E-state index contributed by atoms with van der Waals surface area (Å²) in [6, 6.07) is 11.4. The lowest BCUT2D eigenvalue weighted by molar-refractivity contribution is -0.384. The number of hydrogen-bond acceptors (Lipinski definition) is 5. The maximum Gasteiger partial charge on any atom is 0.407 e. The zero-order valence-corrected chi connectivity index (χ0v) is 14.7. The molecule has 1 atom stereocenters. The molecule has 0 radical (unpaired) electrons. The molecule has 0 heterocycles. The lowest BCUT2D eigenvalue weighted by Crippen LogP contribution is -2.30. The molecule has 2 aromatic carbocycles. The third kappa shape index (κ3) is 5.29. The van der Waals surface area contributed by atoms with E-state index in [0.717, 1.165) is 0 Å². The monoisotopic (exact) mass is 376 g/mol. The van der Waals surface area contributed by atoms with Crippen molar-refractivity contribution in [2.75, 3.05) is 6.61 Å². The number of benzene rings is 2. The summed E-state index contributed by atoms with van der Waals surface area (Å²) >= 11 is 5.88. The number of Topliss-reactive ketones (excluding diaryl/α,β-unsaturated/α-hetero) is 1. The van der Waals surface area contributed by atoms with Gasteiger partial charge < -0.3 is 10.1 Å². The van der Waals surface area contributed by atoms with Crippen LogP contribution < -0.4 is 5.32 Å². The van der Waals surface area contributed by atoms with E-state index in [-0.39, 0.29) is 24.5 Å². The summed E-state index contributed by atoms with van der Waals surface area (Å²) in [7, 11) is 0. The number of nitrogens with zero attached hydrogens (tertiary/aromatic N) is 1. The number of amides is 1. The van der Waals surface area contributed by atoms with Crippen molar-refractivity contribution in [3.63, 3.8) is 0 Å². The number of carbonyl (C=O) groups is 2. The molecule has 8 heteroatoms. The Balaban J connectivity index is 2.18. The average molecular weight is 377 g/mol. The number of nitro groups is 1. The van der Waals surface area contributed by atoms with Crippen molar-refractivity contribution in [3.05, 3.63) is 74.8 Å². The van der Waals surface area contributed by atoms with Crippen LogP contribution in [0.5, 0.6) is 0 Å². The first-order chi connectivity index (χ1) is 12.4. The van der Waals surface area contributed by atoms with Gasteiger partial charge in [-0.05, 0) is 36.8 Å². The minimum atomic E-state index is -0.635. The fourth-order valence-electron chi connectivity index (χ4n) is 2.33. The van der Waals surface area contributed by atoms with Gasteiger partial charge in [0.05, 0.1) is 17.6 Å². The molecule has 0 spiro atoms. The lowest BCUT2D eigenvalue weighted by Gasteiger charge is -2.18. The molecule has 0 saturated carbocycles. The Morgan fingerprint density at radius 3 is 2.31 bits per heavy atom. The predicted octanol–water partition coefficient (Wildman–Crippen LogP) is 4.31. The zero-order valence-electron chi connectivity index (χ0n) is 14.0. The van der Waals surface area contributed by atoms with Crippen molar-refractivity contribution in [1.82, 2.24) is 5.32 Å². The molecule has 1 amide bonds. The first-order valence-corrected chi connectivity index (χ1v) is 8.25. The van der Waals surface area contributed by atoms with Gasteiger partial charge in [-0.1, -0.05) is 23.7 Å². The number of ether oxygens (including phenoxy) is 1. The third-order valence-corrected chi connectivity index (χ3v) is 3.88.